The zero-order valence-electron chi connectivity index (χ0n) is 19.0. The summed E-state index contributed by atoms with van der Waals surface area (Å²) in [6.45, 7) is 3.54. The van der Waals surface area contributed by atoms with Gasteiger partial charge in [0.25, 0.3) is 11.5 Å². The third-order valence-corrected chi connectivity index (χ3v) is 7.44. The number of aromatic nitrogens is 3. The molecule has 9 nitrogen and oxygen atoms in total. The molecule has 0 saturated carbocycles. The van der Waals surface area contributed by atoms with E-state index in [1.807, 2.05) is 18.2 Å². The predicted molar refractivity (Wildman–Crippen MR) is 128 cm³/mol. The molecule has 0 spiro atoms. The van der Waals surface area contributed by atoms with E-state index in [2.05, 4.69) is 10.5 Å². The van der Waals surface area contributed by atoms with Crippen LogP contribution in [0.4, 0.5) is 5.69 Å². The molecule has 4 rings (SSSR count). The van der Waals surface area contributed by atoms with Gasteiger partial charge < -0.3 is 9.84 Å². The van der Waals surface area contributed by atoms with Gasteiger partial charge in [0.1, 0.15) is 5.69 Å². The molecule has 1 amide bonds. The quantitative estimate of drug-likeness (QED) is 0.432. The molecule has 0 aliphatic carbocycles. The molecule has 10 heteroatoms. The van der Waals surface area contributed by atoms with Crippen molar-refractivity contribution in [3.8, 4) is 17.0 Å². The lowest BCUT2D eigenvalue weighted by molar-refractivity contribution is 0.101. The Labute approximate surface area is 196 Å². The van der Waals surface area contributed by atoms with Crippen molar-refractivity contribution >= 4 is 21.4 Å². The average molecular weight is 481 g/mol. The zero-order valence-corrected chi connectivity index (χ0v) is 19.8. The first-order chi connectivity index (χ1) is 16.2. The zero-order chi connectivity index (χ0) is 24.5. The van der Waals surface area contributed by atoms with Gasteiger partial charge in [-0.25, -0.2) is 13.1 Å². The van der Waals surface area contributed by atoms with Crippen LogP contribution < -0.4 is 10.9 Å². The number of amides is 1. The number of anilines is 1. The standard InChI is InChI=1S/C24H24N4O5S/c1-4-14-34(31,32)19-12-10-17(11-13-19)21-15-20(26-33-21)23(29)25-22-16(2)27(3)28(24(22)30)18-8-6-5-7-9-18/h5-13,15H,4,14H2,1-3H3,(H,25,29). The van der Waals surface area contributed by atoms with Gasteiger partial charge in [0.15, 0.2) is 21.3 Å². The van der Waals surface area contributed by atoms with E-state index in [4.69, 9.17) is 4.52 Å². The van der Waals surface area contributed by atoms with Crippen LogP contribution in [0.25, 0.3) is 17.0 Å². The van der Waals surface area contributed by atoms with Crippen LogP contribution in [0.5, 0.6) is 0 Å². The first-order valence-corrected chi connectivity index (χ1v) is 12.3. The fourth-order valence-corrected chi connectivity index (χ4v) is 4.95. The number of hydrogen-bond donors (Lipinski definition) is 1. The second kappa shape index (κ2) is 9.14. The van der Waals surface area contributed by atoms with E-state index in [1.165, 1.54) is 22.9 Å². The number of sulfone groups is 1. The minimum atomic E-state index is -3.33. The van der Waals surface area contributed by atoms with Gasteiger partial charge in [-0.15, -0.1) is 0 Å². The fraction of sp³-hybridized carbons (Fsp3) is 0.208. The summed E-state index contributed by atoms with van der Waals surface area (Å²) in [6.07, 6.45) is 0.530. The van der Waals surface area contributed by atoms with Crippen molar-refractivity contribution in [2.75, 3.05) is 11.1 Å². The molecule has 0 saturated heterocycles. The molecule has 0 fully saturated rings. The molecule has 34 heavy (non-hydrogen) atoms. The van der Waals surface area contributed by atoms with E-state index >= 15 is 0 Å². The highest BCUT2D eigenvalue weighted by Gasteiger charge is 2.21. The molecule has 2 aromatic heterocycles. The third-order valence-electron chi connectivity index (χ3n) is 5.51. The Hall–Kier alpha value is -3.92. The molecule has 176 valence electrons. The first-order valence-electron chi connectivity index (χ1n) is 10.7. The molecule has 0 aliphatic heterocycles. The highest BCUT2D eigenvalue weighted by molar-refractivity contribution is 7.91. The fourth-order valence-electron chi connectivity index (χ4n) is 3.62. The van der Waals surface area contributed by atoms with Crippen molar-refractivity contribution in [2.24, 2.45) is 7.05 Å². The lowest BCUT2D eigenvalue weighted by atomic mass is 10.1. The van der Waals surface area contributed by atoms with Crippen LogP contribution in [0, 0.1) is 6.92 Å². The van der Waals surface area contributed by atoms with Gasteiger partial charge in [0.05, 0.1) is 22.0 Å². The summed E-state index contributed by atoms with van der Waals surface area (Å²) in [5, 5.41) is 6.45. The van der Waals surface area contributed by atoms with Crippen LogP contribution >= 0.6 is 0 Å². The minimum Gasteiger partial charge on any atom is -0.355 e. The summed E-state index contributed by atoms with van der Waals surface area (Å²) >= 11 is 0. The van der Waals surface area contributed by atoms with Crippen molar-refractivity contribution in [2.45, 2.75) is 25.2 Å². The summed E-state index contributed by atoms with van der Waals surface area (Å²) in [5.41, 5.74) is 1.59. The summed E-state index contributed by atoms with van der Waals surface area (Å²) in [5.74, 6) is -0.219. The molecule has 0 radical (unpaired) electrons. The molecule has 0 bridgehead atoms. The normalized spacial score (nSPS) is 11.5. The predicted octanol–water partition coefficient (Wildman–Crippen LogP) is 3.58. The third kappa shape index (κ3) is 4.32. The maximum absolute atomic E-state index is 13.0. The average Bonchev–Trinajstić information content (AvgIpc) is 3.40. The number of nitrogens with one attached hydrogen (secondary N) is 1. The Balaban J connectivity index is 1.57. The van der Waals surface area contributed by atoms with E-state index < -0.39 is 15.7 Å². The number of nitrogens with zero attached hydrogens (tertiary/aromatic N) is 3. The smallest absolute Gasteiger partial charge is 0.295 e. The Morgan fingerprint density at radius 1 is 1.09 bits per heavy atom. The highest BCUT2D eigenvalue weighted by atomic mass is 32.2. The SMILES string of the molecule is CCCS(=O)(=O)c1ccc(-c2cc(C(=O)Nc3c(C)n(C)n(-c4ccccc4)c3=O)no2)cc1. The van der Waals surface area contributed by atoms with E-state index in [0.717, 1.165) is 0 Å². The van der Waals surface area contributed by atoms with Crippen LogP contribution in [-0.4, -0.2) is 34.6 Å². The highest BCUT2D eigenvalue weighted by Crippen LogP contribution is 2.23. The van der Waals surface area contributed by atoms with Crippen LogP contribution in [0.15, 0.2) is 74.9 Å². The monoisotopic (exact) mass is 480 g/mol. The Bertz CT molecular complexity index is 1500. The molecule has 2 aromatic carbocycles. The van der Waals surface area contributed by atoms with Gasteiger partial charge in [-0.2, -0.15) is 0 Å². The van der Waals surface area contributed by atoms with Crippen molar-refractivity contribution in [1.82, 2.24) is 14.5 Å². The molecular formula is C24H24N4O5S. The van der Waals surface area contributed by atoms with Crippen molar-refractivity contribution in [3.05, 3.63) is 82.4 Å². The Morgan fingerprint density at radius 3 is 2.41 bits per heavy atom. The number of rotatable bonds is 7. The summed E-state index contributed by atoms with van der Waals surface area (Å²) in [6, 6.07) is 16.8. The van der Waals surface area contributed by atoms with E-state index in [0.29, 0.717) is 29.1 Å². The largest absolute Gasteiger partial charge is 0.355 e. The van der Waals surface area contributed by atoms with E-state index in [1.54, 1.807) is 49.8 Å². The van der Waals surface area contributed by atoms with Gasteiger partial charge in [-0.05, 0) is 49.7 Å². The Morgan fingerprint density at radius 2 is 1.76 bits per heavy atom. The number of carbonyl (C=O) groups is 1. The number of hydrogen-bond acceptors (Lipinski definition) is 6. The molecule has 0 atom stereocenters. The molecule has 0 aliphatic rings. The van der Waals surface area contributed by atoms with Gasteiger partial charge in [0.2, 0.25) is 0 Å². The van der Waals surface area contributed by atoms with Gasteiger partial charge >= 0.3 is 0 Å². The Kier molecular flexibility index (Phi) is 6.25. The molecule has 0 unspecified atom stereocenters. The number of benzene rings is 2. The van der Waals surface area contributed by atoms with E-state index in [-0.39, 0.29) is 27.6 Å². The van der Waals surface area contributed by atoms with Crippen LogP contribution in [0.2, 0.25) is 0 Å². The lowest BCUT2D eigenvalue weighted by Gasteiger charge is -2.07. The number of carbonyl (C=O) groups excluding carboxylic acids is 1. The van der Waals surface area contributed by atoms with E-state index in [9.17, 15) is 18.0 Å². The maximum atomic E-state index is 13.0. The molecule has 1 N–H and O–H groups in total. The molecule has 2 heterocycles. The van der Waals surface area contributed by atoms with Gasteiger partial charge in [-0.1, -0.05) is 30.3 Å². The van der Waals surface area contributed by atoms with Crippen LogP contribution in [-0.2, 0) is 16.9 Å². The molecule has 4 aromatic rings. The van der Waals surface area contributed by atoms with Crippen LogP contribution in [0.3, 0.4) is 0 Å². The topological polar surface area (TPSA) is 116 Å². The second-order valence-corrected chi connectivity index (χ2v) is 9.92. The summed E-state index contributed by atoms with van der Waals surface area (Å²) in [7, 11) is -1.59. The maximum Gasteiger partial charge on any atom is 0.295 e. The second-order valence-electron chi connectivity index (χ2n) is 7.81. The summed E-state index contributed by atoms with van der Waals surface area (Å²) < 4.78 is 32.8. The van der Waals surface area contributed by atoms with Crippen LogP contribution in [0.1, 0.15) is 29.5 Å². The first kappa shape index (κ1) is 23.2. The minimum absolute atomic E-state index is 0.00778. The number of para-hydroxylation sites is 1. The lowest BCUT2D eigenvalue weighted by Crippen LogP contribution is -2.23. The van der Waals surface area contributed by atoms with Crippen molar-refractivity contribution in [3.63, 3.8) is 0 Å². The van der Waals surface area contributed by atoms with Gasteiger partial charge in [-0.3, -0.25) is 14.3 Å². The molecular weight excluding hydrogens is 456 g/mol. The van der Waals surface area contributed by atoms with Crippen molar-refractivity contribution in [1.29, 1.82) is 0 Å². The summed E-state index contributed by atoms with van der Waals surface area (Å²) in [4.78, 5) is 26.0. The van der Waals surface area contributed by atoms with Crippen molar-refractivity contribution < 1.29 is 17.7 Å². The van der Waals surface area contributed by atoms with Gasteiger partial charge in [0, 0.05) is 18.7 Å².